The fourth-order valence-corrected chi connectivity index (χ4v) is 4.07. The Morgan fingerprint density at radius 1 is 1.28 bits per heavy atom. The second kappa shape index (κ2) is 9.62. The maximum absolute atomic E-state index is 13.8. The topological polar surface area (TPSA) is 78.4 Å². The molecule has 2 aromatic rings. The average Bonchev–Trinajstić information content (AvgIpc) is 3.54. The summed E-state index contributed by atoms with van der Waals surface area (Å²) in [7, 11) is 3.70. The van der Waals surface area contributed by atoms with Crippen LogP contribution in [-0.2, 0) is 11.2 Å². The first-order valence-corrected chi connectivity index (χ1v) is 10.7. The molecule has 2 unspecified atom stereocenters. The summed E-state index contributed by atoms with van der Waals surface area (Å²) >= 11 is 5.97. The minimum absolute atomic E-state index is 0.0158. The lowest BCUT2D eigenvalue weighted by Crippen LogP contribution is -2.43. The predicted octanol–water partition coefficient (Wildman–Crippen LogP) is 3.94. The molecule has 0 aliphatic heterocycles. The van der Waals surface area contributed by atoms with Gasteiger partial charge < -0.3 is 15.3 Å². The number of aromatic nitrogens is 2. The fourth-order valence-electron chi connectivity index (χ4n) is 3.86. The van der Waals surface area contributed by atoms with E-state index in [9.17, 15) is 23.1 Å². The van der Waals surface area contributed by atoms with E-state index in [1.165, 1.54) is 24.5 Å². The van der Waals surface area contributed by atoms with Crippen molar-refractivity contribution < 1.29 is 23.1 Å². The number of aromatic hydroxyl groups is 1. The first-order valence-electron chi connectivity index (χ1n) is 10.3. The number of alkyl halides is 3. The van der Waals surface area contributed by atoms with Crippen molar-refractivity contribution in [3.05, 3.63) is 53.1 Å². The van der Waals surface area contributed by atoms with E-state index >= 15 is 0 Å². The Labute approximate surface area is 189 Å². The molecule has 1 heterocycles. The highest BCUT2D eigenvalue weighted by Crippen LogP contribution is 2.65. The van der Waals surface area contributed by atoms with E-state index in [1.807, 2.05) is 19.0 Å². The van der Waals surface area contributed by atoms with Gasteiger partial charge in [0.2, 0.25) is 5.91 Å². The van der Waals surface area contributed by atoms with Gasteiger partial charge in [-0.3, -0.25) is 4.79 Å². The first kappa shape index (κ1) is 24.3. The minimum Gasteiger partial charge on any atom is -0.506 e. The summed E-state index contributed by atoms with van der Waals surface area (Å²) in [5.74, 6) is -1.58. The Kier molecular flexibility index (Phi) is 7.29. The van der Waals surface area contributed by atoms with Gasteiger partial charge in [0.05, 0.1) is 10.4 Å². The van der Waals surface area contributed by atoms with Crippen LogP contribution in [0.4, 0.5) is 13.2 Å². The van der Waals surface area contributed by atoms with Crippen LogP contribution in [0.5, 0.6) is 5.75 Å². The lowest BCUT2D eigenvalue weighted by Gasteiger charge is -2.28. The Morgan fingerprint density at radius 2 is 1.94 bits per heavy atom. The predicted molar refractivity (Wildman–Crippen MR) is 114 cm³/mol. The quantitative estimate of drug-likeness (QED) is 0.580. The van der Waals surface area contributed by atoms with E-state index in [0.29, 0.717) is 6.42 Å². The number of hydrogen-bond acceptors (Lipinski definition) is 5. The molecule has 1 fully saturated rings. The van der Waals surface area contributed by atoms with Crippen molar-refractivity contribution in [2.45, 2.75) is 43.8 Å². The average molecular weight is 471 g/mol. The monoisotopic (exact) mass is 470 g/mol. The number of hydrogen-bond donors (Lipinski definition) is 2. The molecule has 2 N–H and O–H groups in total. The van der Waals surface area contributed by atoms with Crippen LogP contribution in [0, 0.1) is 5.41 Å². The van der Waals surface area contributed by atoms with Gasteiger partial charge in [-0.1, -0.05) is 17.7 Å². The van der Waals surface area contributed by atoms with Gasteiger partial charge in [-0.25, -0.2) is 9.97 Å². The van der Waals surface area contributed by atoms with Gasteiger partial charge in [0, 0.05) is 37.3 Å². The molecular formula is C22H26ClF3N4O2. The SMILES string of the molecule is CN(C)C(CNC(=O)CC(c1ncccn1)C1(C(F)(F)F)CC1)Cc1ccc(O)c(Cl)c1. The van der Waals surface area contributed by atoms with Crippen molar-refractivity contribution in [1.82, 2.24) is 20.2 Å². The molecule has 2 atom stereocenters. The molecule has 1 amide bonds. The second-order valence-electron chi connectivity index (χ2n) is 8.43. The second-order valence-corrected chi connectivity index (χ2v) is 8.84. The molecule has 10 heteroatoms. The summed E-state index contributed by atoms with van der Waals surface area (Å²) in [4.78, 5) is 22.6. The molecule has 1 aromatic carbocycles. The Morgan fingerprint density at radius 3 is 2.47 bits per heavy atom. The number of phenols is 1. The number of carbonyl (C=O) groups is 1. The first-order chi connectivity index (χ1) is 15.0. The maximum Gasteiger partial charge on any atom is 0.395 e. The van der Waals surface area contributed by atoms with E-state index in [-0.39, 0.29) is 48.4 Å². The zero-order valence-electron chi connectivity index (χ0n) is 17.9. The molecule has 6 nitrogen and oxygen atoms in total. The van der Waals surface area contributed by atoms with Crippen molar-refractivity contribution in [1.29, 1.82) is 0 Å². The molecule has 0 spiro atoms. The van der Waals surface area contributed by atoms with Crippen LogP contribution in [-0.4, -0.2) is 58.7 Å². The van der Waals surface area contributed by atoms with Gasteiger partial charge in [0.15, 0.2) is 0 Å². The molecule has 1 aliphatic carbocycles. The van der Waals surface area contributed by atoms with Crippen LogP contribution in [0.2, 0.25) is 5.02 Å². The third kappa shape index (κ3) is 5.50. The Bertz CT molecular complexity index is 937. The molecular weight excluding hydrogens is 445 g/mol. The normalized spacial score (nSPS) is 17.1. The van der Waals surface area contributed by atoms with E-state index in [1.54, 1.807) is 12.1 Å². The zero-order chi connectivity index (χ0) is 23.5. The highest BCUT2D eigenvalue weighted by molar-refractivity contribution is 6.32. The summed E-state index contributed by atoms with van der Waals surface area (Å²) in [5.41, 5.74) is -1.08. The number of rotatable bonds is 9. The molecule has 0 saturated heterocycles. The molecule has 1 aliphatic rings. The van der Waals surface area contributed by atoms with Crippen LogP contribution in [0.25, 0.3) is 0 Å². The highest BCUT2D eigenvalue weighted by Gasteiger charge is 2.68. The van der Waals surface area contributed by atoms with Gasteiger partial charge in [-0.2, -0.15) is 13.2 Å². The number of halogens is 4. The largest absolute Gasteiger partial charge is 0.506 e. The number of amides is 1. The van der Waals surface area contributed by atoms with Crippen LogP contribution in [0.15, 0.2) is 36.7 Å². The molecule has 3 rings (SSSR count). The third-order valence-corrected chi connectivity index (χ3v) is 6.36. The molecule has 174 valence electrons. The maximum atomic E-state index is 13.8. The van der Waals surface area contributed by atoms with Gasteiger partial charge in [0.25, 0.3) is 0 Å². The van der Waals surface area contributed by atoms with Crippen LogP contribution in [0.3, 0.4) is 0 Å². The zero-order valence-corrected chi connectivity index (χ0v) is 18.6. The van der Waals surface area contributed by atoms with Crippen molar-refractivity contribution >= 4 is 17.5 Å². The molecule has 1 aromatic heterocycles. The molecule has 0 bridgehead atoms. The Balaban J connectivity index is 1.68. The van der Waals surface area contributed by atoms with E-state index in [2.05, 4.69) is 15.3 Å². The standard InChI is InChI=1S/C22H26ClF3N4O2/c1-30(2)15(10-14-4-5-18(31)17(23)11-14)13-29-19(32)12-16(20-27-8-3-9-28-20)21(6-7-21)22(24,25)26/h3-5,8-9,11,15-16,31H,6-7,10,12-13H2,1-2H3,(H,29,32). The lowest BCUT2D eigenvalue weighted by atomic mass is 9.84. The van der Waals surface area contributed by atoms with Crippen molar-refractivity contribution in [2.24, 2.45) is 5.41 Å². The van der Waals surface area contributed by atoms with Crippen LogP contribution in [0.1, 0.15) is 36.6 Å². The number of carbonyl (C=O) groups excluding carboxylic acids is 1. The molecule has 0 radical (unpaired) electrons. The third-order valence-electron chi connectivity index (χ3n) is 6.06. The van der Waals surface area contributed by atoms with Crippen LogP contribution >= 0.6 is 11.6 Å². The number of nitrogens with zero attached hydrogens (tertiary/aromatic N) is 3. The van der Waals surface area contributed by atoms with Gasteiger partial charge in [-0.15, -0.1) is 0 Å². The van der Waals surface area contributed by atoms with Gasteiger partial charge in [-0.05, 0) is 57.1 Å². The number of likely N-dealkylation sites (N-methyl/N-ethyl adjacent to an activating group) is 1. The van der Waals surface area contributed by atoms with Crippen molar-refractivity contribution in [3.63, 3.8) is 0 Å². The fraction of sp³-hybridized carbons (Fsp3) is 0.500. The van der Waals surface area contributed by atoms with E-state index < -0.39 is 23.4 Å². The van der Waals surface area contributed by atoms with Crippen molar-refractivity contribution in [3.8, 4) is 5.75 Å². The lowest BCUT2D eigenvalue weighted by molar-refractivity contribution is -0.195. The number of phenolic OH excluding ortho intramolecular Hbond substituents is 1. The highest BCUT2D eigenvalue weighted by atomic mass is 35.5. The summed E-state index contributed by atoms with van der Waals surface area (Å²) < 4.78 is 41.3. The van der Waals surface area contributed by atoms with E-state index in [0.717, 1.165) is 5.56 Å². The summed E-state index contributed by atoms with van der Waals surface area (Å²) in [6, 6.07) is 6.30. The summed E-state index contributed by atoms with van der Waals surface area (Å²) in [6.07, 6.45) is -1.51. The smallest absolute Gasteiger partial charge is 0.395 e. The summed E-state index contributed by atoms with van der Waals surface area (Å²) in [6.45, 7) is 0.242. The van der Waals surface area contributed by atoms with Gasteiger partial charge in [0.1, 0.15) is 11.6 Å². The number of benzene rings is 1. The van der Waals surface area contributed by atoms with E-state index in [4.69, 9.17) is 11.6 Å². The van der Waals surface area contributed by atoms with Crippen molar-refractivity contribution in [2.75, 3.05) is 20.6 Å². The summed E-state index contributed by atoms with van der Waals surface area (Å²) in [5, 5.41) is 12.6. The minimum atomic E-state index is -4.43. The molecule has 32 heavy (non-hydrogen) atoms. The number of nitrogens with one attached hydrogen (secondary N) is 1. The van der Waals surface area contributed by atoms with Crippen LogP contribution < -0.4 is 5.32 Å². The molecule has 1 saturated carbocycles. The van der Waals surface area contributed by atoms with Gasteiger partial charge >= 0.3 is 6.18 Å². The Hall–Kier alpha value is -2.39.